The highest BCUT2D eigenvalue weighted by Crippen LogP contribution is 2.36. The molecule has 13 heteroatoms. The molecule has 2 aliphatic rings. The van der Waals surface area contributed by atoms with Crippen LogP contribution in [0.4, 0.5) is 18.9 Å². The molecule has 0 N–H and O–H groups in total. The zero-order valence-corrected chi connectivity index (χ0v) is 22.0. The molecule has 2 aromatic heterocycles. The van der Waals surface area contributed by atoms with Crippen molar-refractivity contribution < 1.29 is 22.8 Å². The quantitative estimate of drug-likeness (QED) is 0.410. The van der Waals surface area contributed by atoms with E-state index < -0.39 is 17.9 Å². The van der Waals surface area contributed by atoms with Gasteiger partial charge >= 0.3 is 6.18 Å². The van der Waals surface area contributed by atoms with Crippen LogP contribution < -0.4 is 0 Å². The van der Waals surface area contributed by atoms with Gasteiger partial charge in [-0.3, -0.25) is 19.3 Å². The molecule has 0 fully saturated rings. The van der Waals surface area contributed by atoms with Crippen LogP contribution >= 0.6 is 11.6 Å². The largest absolute Gasteiger partial charge is 0.434 e. The van der Waals surface area contributed by atoms with E-state index in [-0.39, 0.29) is 53.4 Å². The third-order valence-corrected chi connectivity index (χ3v) is 7.53. The minimum Gasteiger partial charge on any atom is -0.331 e. The van der Waals surface area contributed by atoms with Gasteiger partial charge in [0.05, 0.1) is 49.0 Å². The van der Waals surface area contributed by atoms with Crippen LogP contribution in [0.5, 0.6) is 0 Å². The Morgan fingerprint density at radius 3 is 2.59 bits per heavy atom. The smallest absolute Gasteiger partial charge is 0.331 e. The molecule has 3 atom stereocenters. The van der Waals surface area contributed by atoms with Crippen LogP contribution in [0.1, 0.15) is 76.3 Å². The van der Waals surface area contributed by atoms with Crippen molar-refractivity contribution in [2.45, 2.75) is 58.0 Å². The molecule has 0 aliphatic carbocycles. The summed E-state index contributed by atoms with van der Waals surface area (Å²) in [5, 5.41) is 4.96. The fourth-order valence-electron chi connectivity index (χ4n) is 5.05. The van der Waals surface area contributed by atoms with Gasteiger partial charge in [-0.25, -0.2) is 9.83 Å². The minimum absolute atomic E-state index is 0.140. The van der Waals surface area contributed by atoms with Crippen molar-refractivity contribution >= 4 is 29.1 Å². The van der Waals surface area contributed by atoms with Crippen LogP contribution in [-0.4, -0.2) is 53.9 Å². The van der Waals surface area contributed by atoms with E-state index in [9.17, 15) is 22.8 Å². The van der Waals surface area contributed by atoms with Crippen LogP contribution in [0.15, 0.2) is 30.6 Å². The van der Waals surface area contributed by atoms with E-state index in [4.69, 9.17) is 23.3 Å². The van der Waals surface area contributed by atoms with Gasteiger partial charge in [0.1, 0.15) is 5.69 Å². The molecule has 5 rings (SSSR count). The molecule has 0 unspecified atom stereocenters. The van der Waals surface area contributed by atoms with E-state index in [0.29, 0.717) is 29.4 Å². The average molecular weight is 558 g/mol. The van der Waals surface area contributed by atoms with E-state index in [0.717, 1.165) is 11.9 Å². The van der Waals surface area contributed by atoms with Gasteiger partial charge in [-0.2, -0.15) is 18.3 Å². The number of halogens is 4. The lowest BCUT2D eigenvalue weighted by Crippen LogP contribution is -2.45. The Balaban J connectivity index is 1.45. The third kappa shape index (κ3) is 4.61. The second-order valence-electron chi connectivity index (χ2n) is 9.79. The molecular formula is C26H23ClF3N7O2. The van der Waals surface area contributed by atoms with Crippen molar-refractivity contribution in [2.75, 3.05) is 6.54 Å². The van der Waals surface area contributed by atoms with Crippen molar-refractivity contribution in [1.82, 2.24) is 29.5 Å². The average Bonchev–Trinajstić information content (AvgIpc) is 3.28. The van der Waals surface area contributed by atoms with E-state index >= 15 is 0 Å². The highest BCUT2D eigenvalue weighted by molar-refractivity contribution is 6.33. The number of hydrogen-bond donors (Lipinski definition) is 0. The Kier molecular flexibility index (Phi) is 6.58. The molecule has 0 bridgehead atoms. The molecule has 0 radical (unpaired) electrons. The Morgan fingerprint density at radius 1 is 1.21 bits per heavy atom. The zero-order chi connectivity index (χ0) is 28.2. The van der Waals surface area contributed by atoms with Gasteiger partial charge in [0, 0.05) is 35.2 Å². The summed E-state index contributed by atoms with van der Waals surface area (Å²) in [5.74, 6) is -0.643. The fourth-order valence-corrected chi connectivity index (χ4v) is 5.21. The topological polar surface area (TPSA) is 88.6 Å². The molecular weight excluding hydrogens is 535 g/mol. The lowest BCUT2D eigenvalue weighted by Gasteiger charge is -2.37. The van der Waals surface area contributed by atoms with Gasteiger partial charge in [-0.15, -0.1) is 0 Å². The second-order valence-corrected chi connectivity index (χ2v) is 10.2. The number of amides is 2. The summed E-state index contributed by atoms with van der Waals surface area (Å²) in [6, 6.07) is 3.46. The summed E-state index contributed by atoms with van der Waals surface area (Å²) in [6.45, 7) is 13.2. The first-order chi connectivity index (χ1) is 18.4. The maximum absolute atomic E-state index is 13.8. The molecule has 2 aliphatic heterocycles. The maximum Gasteiger partial charge on any atom is 0.434 e. The van der Waals surface area contributed by atoms with Crippen LogP contribution in [-0.2, 0) is 19.1 Å². The van der Waals surface area contributed by atoms with Crippen molar-refractivity contribution in [3.8, 4) is 0 Å². The van der Waals surface area contributed by atoms with Crippen LogP contribution in [0.2, 0.25) is 5.02 Å². The van der Waals surface area contributed by atoms with Crippen LogP contribution in [0.3, 0.4) is 0 Å². The minimum atomic E-state index is -4.61. The molecule has 2 amide bonds. The molecule has 0 saturated heterocycles. The first kappa shape index (κ1) is 26.6. The van der Waals surface area contributed by atoms with Crippen LogP contribution in [0, 0.1) is 6.57 Å². The number of aromatic nitrogens is 4. The summed E-state index contributed by atoms with van der Waals surface area (Å²) in [5.41, 5.74) is 1.32. The Bertz CT molecular complexity index is 1510. The second kappa shape index (κ2) is 9.64. The van der Waals surface area contributed by atoms with E-state index in [2.05, 4.69) is 14.8 Å². The summed E-state index contributed by atoms with van der Waals surface area (Å²) in [6.07, 6.45) is -2.47. The molecule has 1 aromatic carbocycles. The summed E-state index contributed by atoms with van der Waals surface area (Å²) >= 11 is 6.04. The Morgan fingerprint density at radius 2 is 1.95 bits per heavy atom. The lowest BCUT2D eigenvalue weighted by molar-refractivity contribution is -0.141. The SMILES string of the molecule is [C-]#[N+]c1cc(C(=O)N2Cc3c(nn4c3C(=O)N([C@H](C)c3cnc(C(F)(F)F)cn3)C[C@H]4C)C[C@H]2C)ccc1Cl. The molecule has 9 nitrogen and oxygen atoms in total. The van der Waals surface area contributed by atoms with Gasteiger partial charge in [-0.1, -0.05) is 23.7 Å². The van der Waals surface area contributed by atoms with Gasteiger partial charge in [-0.05, 0) is 26.8 Å². The Labute approximate surface area is 227 Å². The number of hydrogen-bond acceptors (Lipinski definition) is 5. The number of carbonyl (C=O) groups excluding carboxylic acids is 2. The summed E-state index contributed by atoms with van der Waals surface area (Å²) in [4.78, 5) is 41.2. The van der Waals surface area contributed by atoms with Gasteiger partial charge in [0.15, 0.2) is 5.69 Å². The number of fused-ring (bicyclic) bond motifs is 3. The first-order valence-electron chi connectivity index (χ1n) is 12.2. The lowest BCUT2D eigenvalue weighted by atomic mass is 9.97. The van der Waals surface area contributed by atoms with Crippen molar-refractivity contribution in [3.63, 3.8) is 0 Å². The molecule has 39 heavy (non-hydrogen) atoms. The number of benzene rings is 1. The predicted octanol–water partition coefficient (Wildman–Crippen LogP) is 5.26. The van der Waals surface area contributed by atoms with Gasteiger partial charge < -0.3 is 9.80 Å². The van der Waals surface area contributed by atoms with E-state index in [1.165, 1.54) is 12.1 Å². The first-order valence-corrected chi connectivity index (χ1v) is 12.6. The number of carbonyl (C=O) groups is 2. The standard InChI is InChI=1S/C26H23ClF3N7O2/c1-13-7-19-17(12-35(13)24(38)16-5-6-18(27)20(8-16)31-4)23-25(39)36(11-14(2)37(23)34-19)15(3)21-9-33-22(10-32-21)26(28,29)30/h5-6,8-10,13-15H,7,11-12H2,1-3H3/t13-,14-,15-/m1/s1. The molecule has 4 heterocycles. The van der Waals surface area contributed by atoms with Crippen molar-refractivity contribution in [1.29, 1.82) is 0 Å². The normalized spacial score (nSPS) is 19.8. The van der Waals surface area contributed by atoms with Crippen molar-refractivity contribution in [2.24, 2.45) is 0 Å². The predicted molar refractivity (Wildman–Crippen MR) is 134 cm³/mol. The zero-order valence-electron chi connectivity index (χ0n) is 21.2. The number of nitrogens with zero attached hydrogens (tertiary/aromatic N) is 7. The van der Waals surface area contributed by atoms with E-state index in [1.807, 2.05) is 13.8 Å². The molecule has 0 spiro atoms. The monoisotopic (exact) mass is 557 g/mol. The van der Waals surface area contributed by atoms with E-state index in [1.54, 1.807) is 27.5 Å². The molecule has 202 valence electrons. The van der Waals surface area contributed by atoms with Gasteiger partial charge in [0.2, 0.25) is 5.69 Å². The number of rotatable bonds is 3. The molecule has 3 aromatic rings. The fraction of sp³-hybridized carbons (Fsp3) is 0.385. The Hall–Kier alpha value is -3.98. The third-order valence-electron chi connectivity index (χ3n) is 7.22. The maximum atomic E-state index is 13.8. The summed E-state index contributed by atoms with van der Waals surface area (Å²) in [7, 11) is 0. The summed E-state index contributed by atoms with van der Waals surface area (Å²) < 4.78 is 40.5. The highest BCUT2D eigenvalue weighted by Gasteiger charge is 2.41. The van der Waals surface area contributed by atoms with Crippen molar-refractivity contribution in [3.05, 3.63) is 80.9 Å². The number of alkyl halides is 3. The molecule has 0 saturated carbocycles. The van der Waals surface area contributed by atoms with Crippen LogP contribution in [0.25, 0.3) is 4.85 Å². The van der Waals surface area contributed by atoms with Gasteiger partial charge in [0.25, 0.3) is 11.8 Å². The highest BCUT2D eigenvalue weighted by atomic mass is 35.5.